The SMILES string of the molecule is [CH3][Sn]([CH3])([NH2])[NH2]. The van der Waals surface area contributed by atoms with E-state index in [1.807, 2.05) is 9.88 Å². The first kappa shape index (κ1) is 5.72. The molecule has 0 aromatic carbocycles. The van der Waals surface area contributed by atoms with Crippen molar-refractivity contribution in [2.24, 2.45) is 7.91 Å². The van der Waals surface area contributed by atoms with E-state index in [9.17, 15) is 0 Å². The molecule has 0 amide bonds. The molecule has 0 aromatic rings. The summed E-state index contributed by atoms with van der Waals surface area (Å²) in [6.45, 7) is 0. The van der Waals surface area contributed by atoms with Crippen LogP contribution in [0.2, 0.25) is 9.88 Å². The van der Waals surface area contributed by atoms with Gasteiger partial charge in [0.25, 0.3) is 0 Å². The summed E-state index contributed by atoms with van der Waals surface area (Å²) in [4.78, 5) is 3.91. The third-order valence-electron chi connectivity index (χ3n) is 0. The van der Waals surface area contributed by atoms with Gasteiger partial charge < -0.3 is 0 Å². The molecule has 0 fully saturated rings. The van der Waals surface area contributed by atoms with Gasteiger partial charge in [-0.25, -0.2) is 0 Å². The van der Waals surface area contributed by atoms with Crippen molar-refractivity contribution < 1.29 is 0 Å². The van der Waals surface area contributed by atoms with E-state index >= 15 is 0 Å². The first-order chi connectivity index (χ1) is 2.00. The Morgan fingerprint density at radius 1 is 1.20 bits per heavy atom. The maximum atomic E-state index is 5.34. The molecule has 4 N–H and O–H groups in total. The molecule has 0 saturated carbocycles. The average Bonchev–Trinajstić information content (AvgIpc) is 0.722. The average molecular weight is 181 g/mol. The quantitative estimate of drug-likeness (QED) is 0.499. The molecular formula is C2H10N2Sn. The van der Waals surface area contributed by atoms with Gasteiger partial charge in [0.1, 0.15) is 0 Å². The summed E-state index contributed by atoms with van der Waals surface area (Å²) in [7, 11) is 0. The van der Waals surface area contributed by atoms with Gasteiger partial charge in [0.2, 0.25) is 0 Å². The fourth-order valence-electron chi connectivity index (χ4n) is 0. The second-order valence-corrected chi connectivity index (χ2v) is 12.2. The van der Waals surface area contributed by atoms with Gasteiger partial charge in [-0.3, -0.25) is 0 Å². The molecule has 0 unspecified atom stereocenters. The van der Waals surface area contributed by atoms with Gasteiger partial charge in [0.05, 0.1) is 0 Å². The van der Waals surface area contributed by atoms with Crippen molar-refractivity contribution in [3.8, 4) is 0 Å². The first-order valence-corrected chi connectivity index (χ1v) is 10.6. The minimum atomic E-state index is -2.18. The van der Waals surface area contributed by atoms with Crippen LogP contribution >= 0.6 is 0 Å². The Bertz CT molecular complexity index is 23.1. The molecular weight excluding hydrogens is 171 g/mol. The van der Waals surface area contributed by atoms with E-state index in [-0.39, 0.29) is 0 Å². The van der Waals surface area contributed by atoms with Gasteiger partial charge >= 0.3 is 36.7 Å². The molecule has 2 nitrogen and oxygen atoms in total. The molecule has 32 valence electrons. The van der Waals surface area contributed by atoms with Crippen molar-refractivity contribution in [2.75, 3.05) is 0 Å². The van der Waals surface area contributed by atoms with E-state index in [4.69, 9.17) is 7.91 Å². The Hall–Kier alpha value is 0.719. The van der Waals surface area contributed by atoms with Crippen molar-refractivity contribution in [2.45, 2.75) is 9.88 Å². The van der Waals surface area contributed by atoms with Crippen LogP contribution in [0.5, 0.6) is 0 Å². The molecule has 0 aromatic heterocycles. The normalized spacial score (nSPS) is 12.0. The predicted octanol–water partition coefficient (Wildman–Crippen LogP) is -0.394. The van der Waals surface area contributed by atoms with E-state index < -0.39 is 18.9 Å². The van der Waals surface area contributed by atoms with Crippen molar-refractivity contribution in [3.63, 3.8) is 0 Å². The van der Waals surface area contributed by atoms with E-state index in [1.54, 1.807) is 0 Å². The number of hydrogen-bond donors (Lipinski definition) is 2. The molecule has 0 bridgehead atoms. The Labute approximate surface area is 37.1 Å². The summed E-state index contributed by atoms with van der Waals surface area (Å²) >= 11 is -2.18. The Kier molecular flexibility index (Phi) is 1.65. The zero-order valence-corrected chi connectivity index (χ0v) is 6.51. The van der Waals surface area contributed by atoms with Crippen molar-refractivity contribution in [3.05, 3.63) is 0 Å². The van der Waals surface area contributed by atoms with E-state index in [2.05, 4.69) is 0 Å². The van der Waals surface area contributed by atoms with Crippen LogP contribution in [0.1, 0.15) is 0 Å². The van der Waals surface area contributed by atoms with Crippen LogP contribution < -0.4 is 7.91 Å². The van der Waals surface area contributed by atoms with E-state index in [1.165, 1.54) is 0 Å². The van der Waals surface area contributed by atoms with Crippen LogP contribution in [0.25, 0.3) is 0 Å². The summed E-state index contributed by atoms with van der Waals surface area (Å²) in [5.41, 5.74) is 0. The van der Waals surface area contributed by atoms with Gasteiger partial charge in [-0.1, -0.05) is 0 Å². The van der Waals surface area contributed by atoms with Crippen LogP contribution in [0, 0.1) is 0 Å². The number of rotatable bonds is 0. The number of hydrogen-bond acceptors (Lipinski definition) is 2. The van der Waals surface area contributed by atoms with E-state index in [0.29, 0.717) is 0 Å². The van der Waals surface area contributed by atoms with Crippen LogP contribution in [0.4, 0.5) is 0 Å². The van der Waals surface area contributed by atoms with Crippen molar-refractivity contribution in [1.82, 2.24) is 0 Å². The van der Waals surface area contributed by atoms with Crippen molar-refractivity contribution in [1.29, 1.82) is 0 Å². The third kappa shape index (κ3) is 67.5. The fraction of sp³-hybridized carbons (Fsp3) is 1.00. The zero-order chi connectivity index (χ0) is 4.50. The second-order valence-electron chi connectivity index (χ2n) is 1.82. The molecule has 0 saturated heterocycles. The Balaban J connectivity index is 3.02. The molecule has 5 heavy (non-hydrogen) atoms. The standard InChI is InChI=1S/2CH3.2H2N.Sn/h2*1H3;2*1H2;/q;;2*-1;+2. The minimum absolute atomic E-state index is 1.95. The van der Waals surface area contributed by atoms with Crippen LogP contribution in [0.15, 0.2) is 0 Å². The predicted molar refractivity (Wildman–Crippen MR) is 25.9 cm³/mol. The van der Waals surface area contributed by atoms with E-state index in [0.717, 1.165) is 0 Å². The summed E-state index contributed by atoms with van der Waals surface area (Å²) in [5.74, 6) is 0. The van der Waals surface area contributed by atoms with Crippen molar-refractivity contribution >= 4 is 18.9 Å². The van der Waals surface area contributed by atoms with Gasteiger partial charge in [0, 0.05) is 0 Å². The molecule has 0 aliphatic heterocycles. The third-order valence-corrected chi connectivity index (χ3v) is 0. The number of nitrogens with two attached hydrogens (primary N) is 2. The molecule has 0 heterocycles. The topological polar surface area (TPSA) is 52.0 Å². The molecule has 0 aliphatic rings. The van der Waals surface area contributed by atoms with Gasteiger partial charge in [-0.2, -0.15) is 0 Å². The first-order valence-electron chi connectivity index (χ1n) is 1.58. The molecule has 0 spiro atoms. The molecule has 0 atom stereocenters. The summed E-state index contributed by atoms with van der Waals surface area (Å²) in [5, 5.41) is 0. The summed E-state index contributed by atoms with van der Waals surface area (Å²) in [6, 6.07) is 0. The molecule has 0 rings (SSSR count). The Morgan fingerprint density at radius 3 is 1.20 bits per heavy atom. The Morgan fingerprint density at radius 2 is 1.20 bits per heavy atom. The molecule has 0 radical (unpaired) electrons. The molecule has 3 heteroatoms. The molecule has 0 aliphatic carbocycles. The van der Waals surface area contributed by atoms with Crippen LogP contribution in [-0.2, 0) is 0 Å². The monoisotopic (exact) mass is 182 g/mol. The summed E-state index contributed by atoms with van der Waals surface area (Å²) < 4.78 is 10.7. The van der Waals surface area contributed by atoms with Crippen LogP contribution in [-0.4, -0.2) is 18.9 Å². The fourth-order valence-corrected chi connectivity index (χ4v) is 0. The maximum absolute atomic E-state index is 5.34. The van der Waals surface area contributed by atoms with Gasteiger partial charge in [-0.15, -0.1) is 0 Å². The summed E-state index contributed by atoms with van der Waals surface area (Å²) in [6.07, 6.45) is 0. The van der Waals surface area contributed by atoms with Gasteiger partial charge in [0.15, 0.2) is 0 Å². The zero-order valence-electron chi connectivity index (χ0n) is 3.65. The van der Waals surface area contributed by atoms with Crippen LogP contribution in [0.3, 0.4) is 0 Å². The van der Waals surface area contributed by atoms with Gasteiger partial charge in [-0.05, 0) is 0 Å². The second kappa shape index (κ2) is 1.45.